The number of aliphatic hydroxyl groups is 1. The fourth-order valence-corrected chi connectivity index (χ4v) is 3.20. The second-order valence-electron chi connectivity index (χ2n) is 4.66. The van der Waals surface area contributed by atoms with Crippen LogP contribution in [0.25, 0.3) is 0 Å². The van der Waals surface area contributed by atoms with Crippen molar-refractivity contribution >= 4 is 17.2 Å². The molecule has 3 rings (SSSR count). The maximum Gasteiger partial charge on any atom is 0.129 e. The highest BCUT2D eigenvalue weighted by molar-refractivity contribution is 7.10. The Hall–Kier alpha value is -1.39. The van der Waals surface area contributed by atoms with Crippen LogP contribution in [0.2, 0.25) is 0 Å². The number of nitrogens with zero attached hydrogens (tertiary/aromatic N) is 2. The van der Waals surface area contributed by atoms with E-state index in [2.05, 4.69) is 21.3 Å². The van der Waals surface area contributed by atoms with E-state index in [0.29, 0.717) is 0 Å². The summed E-state index contributed by atoms with van der Waals surface area (Å²) >= 11 is 1.84. The second kappa shape index (κ2) is 4.71. The van der Waals surface area contributed by atoms with Gasteiger partial charge in [-0.05, 0) is 48.1 Å². The van der Waals surface area contributed by atoms with Crippen LogP contribution < -0.4 is 4.90 Å². The summed E-state index contributed by atoms with van der Waals surface area (Å²) in [6.45, 7) is 3.71. The van der Waals surface area contributed by atoms with E-state index in [0.717, 1.165) is 30.9 Å². The zero-order chi connectivity index (χ0) is 12.5. The molecule has 0 bridgehead atoms. The zero-order valence-corrected chi connectivity index (χ0v) is 11.2. The van der Waals surface area contributed by atoms with Gasteiger partial charge in [-0.15, -0.1) is 11.3 Å². The van der Waals surface area contributed by atoms with E-state index in [4.69, 9.17) is 0 Å². The molecule has 0 saturated carbocycles. The predicted molar refractivity (Wildman–Crippen MR) is 73.9 cm³/mol. The van der Waals surface area contributed by atoms with Crippen LogP contribution in [-0.4, -0.2) is 16.6 Å². The van der Waals surface area contributed by atoms with E-state index in [-0.39, 0.29) is 0 Å². The first kappa shape index (κ1) is 11.7. The quantitative estimate of drug-likeness (QED) is 0.902. The summed E-state index contributed by atoms with van der Waals surface area (Å²) in [4.78, 5) is 8.20. The summed E-state index contributed by atoms with van der Waals surface area (Å²) in [5.41, 5.74) is 2.34. The van der Waals surface area contributed by atoms with Gasteiger partial charge in [-0.3, -0.25) is 0 Å². The average Bonchev–Trinajstić information content (AvgIpc) is 2.86. The molecule has 4 heteroatoms. The Bertz CT molecular complexity index is 550. The molecule has 94 valence electrons. The van der Waals surface area contributed by atoms with Gasteiger partial charge in [0.1, 0.15) is 5.82 Å². The summed E-state index contributed by atoms with van der Waals surface area (Å²) in [5.74, 6) is 0.963. The lowest BCUT2D eigenvalue weighted by molar-refractivity contribution is 0.199. The van der Waals surface area contributed by atoms with Gasteiger partial charge in [0.05, 0.1) is 6.10 Å². The maximum atomic E-state index is 9.63. The molecule has 1 unspecified atom stereocenters. The first-order valence-corrected chi connectivity index (χ1v) is 7.06. The van der Waals surface area contributed by atoms with Crippen molar-refractivity contribution in [1.82, 2.24) is 4.98 Å². The van der Waals surface area contributed by atoms with E-state index >= 15 is 0 Å². The Morgan fingerprint density at radius 1 is 1.44 bits per heavy atom. The molecule has 0 fully saturated rings. The molecule has 1 aliphatic heterocycles. The minimum Gasteiger partial charge on any atom is -0.389 e. The molecule has 0 saturated heterocycles. The molecule has 2 aromatic heterocycles. The SMILES string of the molecule is CC(O)c1ccnc(N2CCc3sccc3C2)c1. The molecule has 1 atom stereocenters. The number of aromatic nitrogens is 1. The topological polar surface area (TPSA) is 36.4 Å². The predicted octanol–water partition coefficient (Wildman–Crippen LogP) is 2.76. The van der Waals surface area contributed by atoms with Gasteiger partial charge in [0.25, 0.3) is 0 Å². The molecule has 0 amide bonds. The Morgan fingerprint density at radius 2 is 2.33 bits per heavy atom. The standard InChI is InChI=1S/C14H16N2OS/c1-10(17)11-2-5-15-14(8-11)16-6-3-13-12(9-16)4-7-18-13/h2,4-5,7-8,10,17H,3,6,9H2,1H3. The van der Waals surface area contributed by atoms with Crippen LogP contribution in [0.3, 0.4) is 0 Å². The van der Waals surface area contributed by atoms with Gasteiger partial charge in [0, 0.05) is 24.2 Å². The van der Waals surface area contributed by atoms with Gasteiger partial charge in [-0.2, -0.15) is 0 Å². The van der Waals surface area contributed by atoms with E-state index < -0.39 is 6.10 Å². The lowest BCUT2D eigenvalue weighted by Gasteiger charge is -2.28. The molecule has 2 aromatic rings. The van der Waals surface area contributed by atoms with Crippen molar-refractivity contribution in [1.29, 1.82) is 0 Å². The molecular formula is C14H16N2OS. The molecule has 3 nitrogen and oxygen atoms in total. The average molecular weight is 260 g/mol. The van der Waals surface area contributed by atoms with E-state index in [1.807, 2.05) is 23.5 Å². The fourth-order valence-electron chi connectivity index (χ4n) is 2.31. The maximum absolute atomic E-state index is 9.63. The van der Waals surface area contributed by atoms with Crippen LogP contribution in [0, 0.1) is 0 Å². The first-order valence-electron chi connectivity index (χ1n) is 6.18. The summed E-state index contributed by atoms with van der Waals surface area (Å²) in [7, 11) is 0. The van der Waals surface area contributed by atoms with E-state index in [1.165, 1.54) is 10.4 Å². The van der Waals surface area contributed by atoms with E-state index in [1.54, 1.807) is 13.1 Å². The van der Waals surface area contributed by atoms with Crippen LogP contribution in [0.15, 0.2) is 29.8 Å². The zero-order valence-electron chi connectivity index (χ0n) is 10.3. The van der Waals surface area contributed by atoms with Gasteiger partial charge >= 0.3 is 0 Å². The van der Waals surface area contributed by atoms with Gasteiger partial charge in [0.2, 0.25) is 0 Å². The summed E-state index contributed by atoms with van der Waals surface area (Å²) < 4.78 is 0. The second-order valence-corrected chi connectivity index (χ2v) is 5.66. The van der Waals surface area contributed by atoms with Gasteiger partial charge in [-0.1, -0.05) is 0 Å². The lowest BCUT2D eigenvalue weighted by Crippen LogP contribution is -2.30. The molecule has 0 spiro atoms. The Labute approximate surface area is 111 Å². The van der Waals surface area contributed by atoms with Crippen molar-refractivity contribution < 1.29 is 5.11 Å². The minimum atomic E-state index is -0.437. The smallest absolute Gasteiger partial charge is 0.129 e. The largest absolute Gasteiger partial charge is 0.389 e. The number of hydrogen-bond acceptors (Lipinski definition) is 4. The van der Waals surface area contributed by atoms with Crippen LogP contribution in [0.5, 0.6) is 0 Å². The molecule has 1 N–H and O–H groups in total. The number of rotatable bonds is 2. The number of anilines is 1. The van der Waals surface area contributed by atoms with Gasteiger partial charge in [0.15, 0.2) is 0 Å². The van der Waals surface area contributed by atoms with Crippen molar-refractivity contribution in [3.8, 4) is 0 Å². The summed E-state index contributed by atoms with van der Waals surface area (Å²) in [5, 5.41) is 11.8. The Morgan fingerprint density at radius 3 is 3.17 bits per heavy atom. The van der Waals surface area contributed by atoms with E-state index in [9.17, 15) is 5.11 Å². The molecule has 3 heterocycles. The number of thiophene rings is 1. The van der Waals surface area contributed by atoms with Crippen LogP contribution in [0.4, 0.5) is 5.82 Å². The molecule has 1 aliphatic rings. The minimum absolute atomic E-state index is 0.437. The van der Waals surface area contributed by atoms with Crippen LogP contribution in [-0.2, 0) is 13.0 Å². The summed E-state index contributed by atoms with van der Waals surface area (Å²) in [6, 6.07) is 6.06. The van der Waals surface area contributed by atoms with Crippen molar-refractivity contribution in [2.45, 2.75) is 26.0 Å². The fraction of sp³-hybridized carbons (Fsp3) is 0.357. The third kappa shape index (κ3) is 2.13. The number of pyridine rings is 1. The highest BCUT2D eigenvalue weighted by Crippen LogP contribution is 2.27. The number of fused-ring (bicyclic) bond motifs is 1. The molecule has 0 aromatic carbocycles. The van der Waals surface area contributed by atoms with Gasteiger partial charge < -0.3 is 10.0 Å². The normalized spacial score (nSPS) is 16.4. The lowest BCUT2D eigenvalue weighted by atomic mass is 10.1. The van der Waals surface area contributed by atoms with Crippen LogP contribution >= 0.6 is 11.3 Å². The third-order valence-electron chi connectivity index (χ3n) is 3.38. The number of aliphatic hydroxyl groups excluding tert-OH is 1. The highest BCUT2D eigenvalue weighted by Gasteiger charge is 2.18. The van der Waals surface area contributed by atoms with Crippen molar-refractivity contribution in [2.24, 2.45) is 0 Å². The monoisotopic (exact) mass is 260 g/mol. The Kier molecular flexibility index (Phi) is 3.06. The highest BCUT2D eigenvalue weighted by atomic mass is 32.1. The number of hydrogen-bond donors (Lipinski definition) is 1. The first-order chi connectivity index (χ1) is 8.74. The molecular weight excluding hydrogens is 244 g/mol. The van der Waals surface area contributed by atoms with Crippen LogP contribution in [0.1, 0.15) is 29.0 Å². The van der Waals surface area contributed by atoms with Crippen molar-refractivity contribution in [3.63, 3.8) is 0 Å². The molecule has 18 heavy (non-hydrogen) atoms. The molecule has 0 radical (unpaired) electrons. The van der Waals surface area contributed by atoms with Gasteiger partial charge in [-0.25, -0.2) is 4.98 Å². The van der Waals surface area contributed by atoms with Crippen molar-refractivity contribution in [2.75, 3.05) is 11.4 Å². The Balaban J connectivity index is 1.86. The van der Waals surface area contributed by atoms with Crippen molar-refractivity contribution in [3.05, 3.63) is 45.8 Å². The third-order valence-corrected chi connectivity index (χ3v) is 4.41. The summed E-state index contributed by atoms with van der Waals surface area (Å²) in [6.07, 6.45) is 2.43. The molecule has 0 aliphatic carbocycles.